The molecule has 1 aliphatic carbocycles. The molecule has 0 unspecified atom stereocenters. The fourth-order valence-corrected chi connectivity index (χ4v) is 5.86. The van der Waals surface area contributed by atoms with Crippen molar-refractivity contribution in [2.24, 2.45) is 11.8 Å². The van der Waals surface area contributed by atoms with E-state index in [4.69, 9.17) is 0 Å². The van der Waals surface area contributed by atoms with E-state index in [2.05, 4.69) is 15.9 Å². The highest BCUT2D eigenvalue weighted by Crippen LogP contribution is 2.36. The monoisotopic (exact) mass is 549 g/mol. The number of unbranched alkanes of at least 4 members (excludes halogenated alkanes) is 1. The van der Waals surface area contributed by atoms with Crippen molar-refractivity contribution in [2.75, 3.05) is 6.26 Å². The van der Waals surface area contributed by atoms with Gasteiger partial charge < -0.3 is 15.3 Å². The Morgan fingerprint density at radius 2 is 2.06 bits per heavy atom. The maximum atomic E-state index is 11.5. The predicted octanol–water partition coefficient (Wildman–Crippen LogP) is 2.91. The van der Waals surface area contributed by atoms with Crippen LogP contribution in [0.15, 0.2) is 40.2 Å². The summed E-state index contributed by atoms with van der Waals surface area (Å²) in [5.41, 5.74) is 0. The molecule has 0 bridgehead atoms. The second-order valence-electron chi connectivity index (χ2n) is 8.21. The van der Waals surface area contributed by atoms with Gasteiger partial charge in [-0.2, -0.15) is 0 Å². The number of carbonyl (C=O) groups is 1. The molecule has 10 heteroatoms. The van der Waals surface area contributed by atoms with Gasteiger partial charge in [-0.05, 0) is 66.1 Å². The number of aliphatic hydroxyl groups is 3. The minimum absolute atomic E-state index is 0.119. The minimum Gasteiger partial charge on any atom is -0.393 e. The molecule has 0 aromatic carbocycles. The van der Waals surface area contributed by atoms with Crippen LogP contribution in [-0.2, 0) is 21.2 Å². The highest BCUT2D eigenvalue weighted by molar-refractivity contribution is 9.11. The number of halogens is 1. The lowest BCUT2D eigenvalue weighted by Gasteiger charge is -2.19. The Morgan fingerprint density at radius 1 is 1.31 bits per heavy atom. The Balaban J connectivity index is 1.77. The molecule has 1 aromatic heterocycles. The lowest BCUT2D eigenvalue weighted by molar-refractivity contribution is -0.119. The van der Waals surface area contributed by atoms with Crippen LogP contribution in [0.3, 0.4) is 0 Å². The van der Waals surface area contributed by atoms with Gasteiger partial charge in [-0.25, -0.2) is 8.42 Å². The number of thiophene rings is 1. The number of amides is 1. The summed E-state index contributed by atoms with van der Waals surface area (Å²) in [5.74, 6) is -0.905. The second-order valence-corrected chi connectivity index (χ2v) is 12.5. The molecule has 0 aliphatic heterocycles. The van der Waals surface area contributed by atoms with Crippen molar-refractivity contribution in [2.45, 2.75) is 63.3 Å². The molecule has 0 spiro atoms. The summed E-state index contributed by atoms with van der Waals surface area (Å²) in [4.78, 5) is 12.7. The van der Waals surface area contributed by atoms with Gasteiger partial charge in [0.25, 0.3) is 0 Å². The molecule has 4 N–H and O–H groups in total. The van der Waals surface area contributed by atoms with Gasteiger partial charge in [-0.1, -0.05) is 24.3 Å². The van der Waals surface area contributed by atoms with Crippen LogP contribution in [0.2, 0.25) is 0 Å². The smallest absolute Gasteiger partial charge is 0.233 e. The number of allylic oxidation sites excluding steroid dienone is 2. The van der Waals surface area contributed by atoms with E-state index < -0.39 is 34.2 Å². The molecule has 0 radical (unpaired) electrons. The molecule has 180 valence electrons. The fraction of sp³-hybridized carbons (Fsp3) is 0.591. The fourth-order valence-electron chi connectivity index (χ4n) is 3.84. The van der Waals surface area contributed by atoms with Crippen molar-refractivity contribution in [3.63, 3.8) is 0 Å². The maximum absolute atomic E-state index is 11.5. The quantitative estimate of drug-likeness (QED) is 0.235. The molecule has 1 amide bonds. The van der Waals surface area contributed by atoms with Crippen molar-refractivity contribution in [1.29, 1.82) is 0 Å². The van der Waals surface area contributed by atoms with Crippen LogP contribution in [0.5, 0.6) is 0 Å². The zero-order chi connectivity index (χ0) is 23.7. The molecule has 1 aromatic rings. The number of sulfonamides is 1. The van der Waals surface area contributed by atoms with E-state index >= 15 is 0 Å². The Hall–Kier alpha value is -1.04. The van der Waals surface area contributed by atoms with Gasteiger partial charge in [0.2, 0.25) is 15.9 Å². The van der Waals surface area contributed by atoms with E-state index in [-0.39, 0.29) is 18.3 Å². The van der Waals surface area contributed by atoms with Crippen LogP contribution in [0, 0.1) is 11.8 Å². The molecule has 1 fully saturated rings. The number of aliphatic hydroxyl groups excluding tert-OH is 3. The molecular weight excluding hydrogens is 518 g/mol. The van der Waals surface area contributed by atoms with Crippen molar-refractivity contribution in [1.82, 2.24) is 4.72 Å². The summed E-state index contributed by atoms with van der Waals surface area (Å²) in [6, 6.07) is 4.02. The largest absolute Gasteiger partial charge is 0.393 e. The van der Waals surface area contributed by atoms with Gasteiger partial charge in [-0.15, -0.1) is 11.3 Å². The molecule has 5 atom stereocenters. The van der Waals surface area contributed by atoms with E-state index in [1.165, 1.54) is 4.88 Å². The Morgan fingerprint density at radius 3 is 2.72 bits per heavy atom. The maximum Gasteiger partial charge on any atom is 0.233 e. The molecular formula is C22H32BrNO6S2. The third-order valence-electron chi connectivity index (χ3n) is 5.44. The highest BCUT2D eigenvalue weighted by atomic mass is 79.9. The van der Waals surface area contributed by atoms with Crippen molar-refractivity contribution in [3.8, 4) is 0 Å². The summed E-state index contributed by atoms with van der Waals surface area (Å²) < 4.78 is 25.0. The lowest BCUT2D eigenvalue weighted by atomic mass is 9.89. The van der Waals surface area contributed by atoms with Crippen molar-refractivity contribution in [3.05, 3.63) is 45.1 Å². The average molecular weight is 551 g/mol. The van der Waals surface area contributed by atoms with Crippen LogP contribution in [-0.4, -0.2) is 54.2 Å². The SMILES string of the molecule is CS(=O)(=O)NC(=O)CCC/C=C/C[C@@H]1[C@@H](/C=C/[C@@H](O)CCc2ccc(Br)s2)[C@H](O)C[C@@H]1O. The van der Waals surface area contributed by atoms with Crippen LogP contribution >= 0.6 is 27.3 Å². The van der Waals surface area contributed by atoms with Crippen LogP contribution < -0.4 is 4.72 Å². The molecule has 32 heavy (non-hydrogen) atoms. The first kappa shape index (κ1) is 27.2. The standard InChI is InChI=1S/C22H32BrNO6S2/c1-32(29,30)24-22(28)7-5-3-2-4-6-17-18(20(27)14-19(17)26)12-9-15(25)8-10-16-11-13-21(23)31-16/h2,4,9,11-13,15,17-20,25-27H,3,5-8,10,14H2,1H3,(H,24,28)/b4-2+,12-9+/t15-,17+,18+,19-,20+/m0/s1. The number of carbonyl (C=O) groups excluding carboxylic acids is 1. The van der Waals surface area contributed by atoms with E-state index in [9.17, 15) is 28.5 Å². The second kappa shape index (κ2) is 13.0. The molecule has 1 aliphatic rings. The number of hydrogen-bond donors (Lipinski definition) is 4. The minimum atomic E-state index is -3.52. The first-order valence-electron chi connectivity index (χ1n) is 10.7. The van der Waals surface area contributed by atoms with Gasteiger partial charge in [0, 0.05) is 23.6 Å². The van der Waals surface area contributed by atoms with E-state index in [0.29, 0.717) is 32.1 Å². The summed E-state index contributed by atoms with van der Waals surface area (Å²) in [5, 5.41) is 30.9. The predicted molar refractivity (Wildman–Crippen MR) is 130 cm³/mol. The van der Waals surface area contributed by atoms with Crippen molar-refractivity contribution < 1.29 is 28.5 Å². The number of rotatable bonds is 12. The first-order chi connectivity index (χ1) is 15.0. The third-order valence-corrected chi connectivity index (χ3v) is 7.72. The van der Waals surface area contributed by atoms with Crippen LogP contribution in [0.1, 0.15) is 43.4 Å². The Labute approximate surface area is 202 Å². The van der Waals surface area contributed by atoms with Gasteiger partial charge >= 0.3 is 0 Å². The third kappa shape index (κ3) is 9.84. The Kier molecular flexibility index (Phi) is 11.1. The first-order valence-corrected chi connectivity index (χ1v) is 14.2. The summed E-state index contributed by atoms with van der Waals surface area (Å²) in [6.45, 7) is 0. The topological polar surface area (TPSA) is 124 Å². The lowest BCUT2D eigenvalue weighted by Crippen LogP contribution is -2.28. The zero-order valence-electron chi connectivity index (χ0n) is 18.1. The molecule has 0 saturated heterocycles. The van der Waals surface area contributed by atoms with Crippen LogP contribution in [0.4, 0.5) is 0 Å². The van der Waals surface area contributed by atoms with Crippen LogP contribution in [0.25, 0.3) is 0 Å². The summed E-state index contributed by atoms with van der Waals surface area (Å²) in [7, 11) is -3.52. The number of hydrogen-bond acceptors (Lipinski definition) is 7. The number of nitrogens with one attached hydrogen (secondary N) is 1. The normalized spacial score (nSPS) is 25.0. The summed E-state index contributed by atoms with van der Waals surface area (Å²) >= 11 is 5.07. The molecule has 2 rings (SSSR count). The highest BCUT2D eigenvalue weighted by Gasteiger charge is 2.39. The van der Waals surface area contributed by atoms with Gasteiger partial charge in [0.1, 0.15) is 0 Å². The van der Waals surface area contributed by atoms with E-state index in [1.54, 1.807) is 17.4 Å². The molecule has 1 heterocycles. The van der Waals surface area contributed by atoms with E-state index in [1.807, 2.05) is 35.1 Å². The van der Waals surface area contributed by atoms with Gasteiger partial charge in [0.05, 0.1) is 28.4 Å². The Bertz CT molecular complexity index is 898. The van der Waals surface area contributed by atoms with Gasteiger partial charge in [0.15, 0.2) is 0 Å². The summed E-state index contributed by atoms with van der Waals surface area (Å²) in [6.07, 6.45) is 9.90. The number of aryl methyl sites for hydroxylation is 1. The van der Waals surface area contributed by atoms with Gasteiger partial charge in [-0.3, -0.25) is 9.52 Å². The molecule has 7 nitrogen and oxygen atoms in total. The molecule has 1 saturated carbocycles. The zero-order valence-corrected chi connectivity index (χ0v) is 21.3. The average Bonchev–Trinajstić information content (AvgIpc) is 3.22. The van der Waals surface area contributed by atoms with E-state index in [0.717, 1.165) is 16.5 Å². The van der Waals surface area contributed by atoms with Crippen molar-refractivity contribution >= 4 is 43.2 Å².